The molecule has 0 aliphatic carbocycles. The molecule has 0 spiro atoms. The van der Waals surface area contributed by atoms with Crippen LogP contribution in [-0.4, -0.2) is 23.5 Å². The molecule has 0 amide bonds. The number of pyridine rings is 1. The summed E-state index contributed by atoms with van der Waals surface area (Å²) in [5.74, 6) is 7.07. The highest BCUT2D eigenvalue weighted by Gasteiger charge is 2.10. The van der Waals surface area contributed by atoms with Crippen LogP contribution in [0.1, 0.15) is 25.8 Å². The first-order valence-electron chi connectivity index (χ1n) is 7.17. The summed E-state index contributed by atoms with van der Waals surface area (Å²) in [5.41, 5.74) is 4.83. The van der Waals surface area contributed by atoms with Gasteiger partial charge in [-0.05, 0) is 25.1 Å². The van der Waals surface area contributed by atoms with E-state index in [-0.39, 0.29) is 0 Å². The zero-order valence-corrected chi connectivity index (χ0v) is 12.6. The average Bonchev–Trinajstić information content (AvgIpc) is 2.46. The number of nitrogens with zero attached hydrogens (tertiary/aromatic N) is 2. The second-order valence-corrected chi connectivity index (χ2v) is 5.54. The fourth-order valence-electron chi connectivity index (χ4n) is 2.42. The van der Waals surface area contributed by atoms with Crippen molar-refractivity contribution in [3.63, 3.8) is 0 Å². The van der Waals surface area contributed by atoms with Crippen LogP contribution in [0.2, 0.25) is 0 Å². The molecule has 0 fully saturated rings. The summed E-state index contributed by atoms with van der Waals surface area (Å²) in [7, 11) is 2.14. The zero-order valence-electron chi connectivity index (χ0n) is 12.6. The summed E-state index contributed by atoms with van der Waals surface area (Å²) in [6, 6.07) is 10.3. The number of hydrazine groups is 1. The van der Waals surface area contributed by atoms with Crippen molar-refractivity contribution in [1.29, 1.82) is 0 Å². The van der Waals surface area contributed by atoms with E-state index < -0.39 is 0 Å². The Labute approximate surface area is 121 Å². The first-order valence-corrected chi connectivity index (χ1v) is 7.17. The highest BCUT2D eigenvalue weighted by molar-refractivity contribution is 5.81. The van der Waals surface area contributed by atoms with Crippen molar-refractivity contribution in [1.82, 2.24) is 9.88 Å². The second kappa shape index (κ2) is 6.68. The molecule has 2 aromatic rings. The van der Waals surface area contributed by atoms with Crippen LogP contribution in [0.25, 0.3) is 10.9 Å². The molecular formula is C16H24N4. The van der Waals surface area contributed by atoms with Crippen molar-refractivity contribution in [2.45, 2.75) is 26.8 Å². The number of nitrogen functional groups attached to an aromatic ring is 1. The molecule has 1 atom stereocenters. The van der Waals surface area contributed by atoms with Gasteiger partial charge in [0, 0.05) is 24.0 Å². The Balaban J connectivity index is 2.23. The predicted molar refractivity (Wildman–Crippen MR) is 85.3 cm³/mol. The summed E-state index contributed by atoms with van der Waals surface area (Å²) in [4.78, 5) is 6.90. The highest BCUT2D eigenvalue weighted by atomic mass is 15.3. The van der Waals surface area contributed by atoms with E-state index in [1.807, 2.05) is 18.2 Å². The van der Waals surface area contributed by atoms with Crippen LogP contribution in [-0.2, 0) is 6.54 Å². The van der Waals surface area contributed by atoms with Gasteiger partial charge in [0.05, 0.1) is 5.52 Å². The maximum atomic E-state index is 5.61. The van der Waals surface area contributed by atoms with Gasteiger partial charge in [0.25, 0.3) is 0 Å². The highest BCUT2D eigenvalue weighted by Crippen LogP contribution is 2.21. The Kier molecular flexibility index (Phi) is 4.93. The van der Waals surface area contributed by atoms with Gasteiger partial charge in [0.15, 0.2) is 0 Å². The molecule has 0 saturated carbocycles. The van der Waals surface area contributed by atoms with Gasteiger partial charge in [-0.2, -0.15) is 0 Å². The monoisotopic (exact) mass is 272 g/mol. The number of para-hydroxylation sites is 1. The Hall–Kier alpha value is -1.65. The van der Waals surface area contributed by atoms with Crippen LogP contribution >= 0.6 is 0 Å². The third-order valence-electron chi connectivity index (χ3n) is 3.70. The lowest BCUT2D eigenvalue weighted by atomic mass is 10.1. The molecule has 0 aliphatic heterocycles. The minimum atomic E-state index is 0.697. The number of nitrogens with two attached hydrogens (primary N) is 1. The fraction of sp³-hybridized carbons (Fsp3) is 0.438. The van der Waals surface area contributed by atoms with Gasteiger partial charge in [0.1, 0.15) is 5.82 Å². The molecule has 0 saturated heterocycles. The normalized spacial score (nSPS) is 12.8. The number of hydrogen-bond donors (Lipinski definition) is 2. The number of nitrogens with one attached hydrogen (secondary N) is 1. The molecule has 3 N–H and O–H groups in total. The number of aromatic nitrogens is 1. The number of hydrogen-bond acceptors (Lipinski definition) is 4. The number of anilines is 1. The van der Waals surface area contributed by atoms with Crippen LogP contribution < -0.4 is 11.3 Å². The maximum absolute atomic E-state index is 5.61. The summed E-state index contributed by atoms with van der Waals surface area (Å²) >= 11 is 0. The van der Waals surface area contributed by atoms with Crippen LogP contribution in [0.5, 0.6) is 0 Å². The predicted octanol–water partition coefficient (Wildman–Crippen LogP) is 3.00. The van der Waals surface area contributed by atoms with Gasteiger partial charge < -0.3 is 10.3 Å². The zero-order chi connectivity index (χ0) is 14.5. The molecule has 0 bridgehead atoms. The smallest absolute Gasteiger partial charge is 0.145 e. The third kappa shape index (κ3) is 3.46. The van der Waals surface area contributed by atoms with E-state index in [2.05, 4.69) is 48.3 Å². The van der Waals surface area contributed by atoms with E-state index in [1.165, 1.54) is 6.42 Å². The fourth-order valence-corrected chi connectivity index (χ4v) is 2.42. The maximum Gasteiger partial charge on any atom is 0.145 e. The molecule has 1 aromatic carbocycles. The summed E-state index contributed by atoms with van der Waals surface area (Å²) in [5, 5.41) is 1.15. The van der Waals surface area contributed by atoms with Crippen LogP contribution in [0, 0.1) is 5.92 Å². The molecule has 0 aliphatic rings. The Bertz CT molecular complexity index is 567. The molecule has 0 radical (unpaired) electrons. The van der Waals surface area contributed by atoms with Crippen molar-refractivity contribution in [3.8, 4) is 0 Å². The summed E-state index contributed by atoms with van der Waals surface area (Å²) in [6.45, 7) is 6.43. The van der Waals surface area contributed by atoms with E-state index >= 15 is 0 Å². The number of benzene rings is 1. The van der Waals surface area contributed by atoms with Crippen LogP contribution in [0.3, 0.4) is 0 Å². The Morgan fingerprint density at radius 1 is 1.35 bits per heavy atom. The topological polar surface area (TPSA) is 54.2 Å². The third-order valence-corrected chi connectivity index (χ3v) is 3.70. The van der Waals surface area contributed by atoms with Crippen molar-refractivity contribution in [3.05, 3.63) is 35.9 Å². The largest absolute Gasteiger partial charge is 0.308 e. The van der Waals surface area contributed by atoms with Gasteiger partial charge in [-0.1, -0.05) is 38.5 Å². The van der Waals surface area contributed by atoms with Gasteiger partial charge >= 0.3 is 0 Å². The molecule has 1 heterocycles. The summed E-state index contributed by atoms with van der Waals surface area (Å²) in [6.07, 6.45) is 1.20. The Morgan fingerprint density at radius 2 is 2.10 bits per heavy atom. The van der Waals surface area contributed by atoms with E-state index in [0.29, 0.717) is 5.92 Å². The minimum absolute atomic E-state index is 0.697. The SMILES string of the molecule is CCC(C)CN(C)Cc1cc2ccccc2nc1NN. The second-order valence-electron chi connectivity index (χ2n) is 5.54. The van der Waals surface area contributed by atoms with Gasteiger partial charge in [-0.3, -0.25) is 0 Å². The van der Waals surface area contributed by atoms with Gasteiger partial charge in [0.2, 0.25) is 0 Å². The first-order chi connectivity index (χ1) is 9.63. The van der Waals surface area contributed by atoms with Gasteiger partial charge in [-0.15, -0.1) is 0 Å². The van der Waals surface area contributed by atoms with E-state index in [9.17, 15) is 0 Å². The molecule has 2 rings (SSSR count). The molecule has 4 heteroatoms. The van der Waals surface area contributed by atoms with E-state index in [1.54, 1.807) is 0 Å². The van der Waals surface area contributed by atoms with Crippen molar-refractivity contribution in [2.75, 3.05) is 19.0 Å². The molecule has 1 aromatic heterocycles. The van der Waals surface area contributed by atoms with Crippen LogP contribution in [0.4, 0.5) is 5.82 Å². The van der Waals surface area contributed by atoms with Gasteiger partial charge in [-0.25, -0.2) is 10.8 Å². The van der Waals surface area contributed by atoms with Crippen molar-refractivity contribution >= 4 is 16.7 Å². The summed E-state index contributed by atoms with van der Waals surface area (Å²) < 4.78 is 0. The van der Waals surface area contributed by atoms with Crippen molar-refractivity contribution in [2.24, 2.45) is 11.8 Å². The Morgan fingerprint density at radius 3 is 2.80 bits per heavy atom. The molecule has 1 unspecified atom stereocenters. The molecule has 4 nitrogen and oxygen atoms in total. The average molecular weight is 272 g/mol. The lowest BCUT2D eigenvalue weighted by Crippen LogP contribution is -2.25. The van der Waals surface area contributed by atoms with Crippen LogP contribution in [0.15, 0.2) is 30.3 Å². The lowest BCUT2D eigenvalue weighted by Gasteiger charge is -2.21. The van der Waals surface area contributed by atoms with Crippen molar-refractivity contribution < 1.29 is 0 Å². The quantitative estimate of drug-likeness (QED) is 0.627. The van der Waals surface area contributed by atoms with E-state index in [4.69, 9.17) is 5.84 Å². The molecular weight excluding hydrogens is 248 g/mol. The lowest BCUT2D eigenvalue weighted by molar-refractivity contribution is 0.275. The minimum Gasteiger partial charge on any atom is -0.308 e. The number of fused-ring (bicyclic) bond motifs is 1. The van der Waals surface area contributed by atoms with E-state index in [0.717, 1.165) is 35.4 Å². The number of rotatable bonds is 6. The standard InChI is InChI=1S/C16H24N4/c1-4-12(2)10-20(3)11-14-9-13-7-5-6-8-15(13)18-16(14)19-17/h5-9,12H,4,10-11,17H2,1-3H3,(H,18,19). The first kappa shape index (κ1) is 14.8. The molecule has 108 valence electrons. The molecule has 20 heavy (non-hydrogen) atoms.